The van der Waals surface area contributed by atoms with Gasteiger partial charge >= 0.3 is 0 Å². The van der Waals surface area contributed by atoms with Crippen LogP contribution in [0.2, 0.25) is 0 Å². The van der Waals surface area contributed by atoms with Gasteiger partial charge in [-0.1, -0.05) is 109 Å². The lowest BCUT2D eigenvalue weighted by Gasteiger charge is -2.05. The zero-order valence-electron chi connectivity index (χ0n) is 46.7. The number of rotatable bonds is 6. The highest BCUT2D eigenvalue weighted by Gasteiger charge is 2.05. The minimum absolute atomic E-state index is 0.931. The standard InChI is InChI=1S/C15H13N.2C12H11N.3C11H10N2/c1-12-6-8-14(9-7-12)16-11-10-13-4-2-3-5-15(13)16;1-10-5-2-3-7-12(10)11-6-4-8-13-9-11;1-10-4-2-3-5-12(10)11-6-8-13-9-7-11;1-9-2-5-13-8-11(9)10-3-6-12-7-4-10;1-9-5-4-8-13-11(9)10-6-2-3-7-12-10;1-9-7-13-6-4-11(9)10-3-2-5-12-8-10/h2-11H,1H3;2*2-9H,1H3;3*2-8H,1H3. The average molecular weight is 1060 g/mol. The van der Waals surface area contributed by atoms with Gasteiger partial charge in [0.05, 0.1) is 16.9 Å². The Morgan fingerprint density at radius 3 is 1.36 bits per heavy atom. The summed E-state index contributed by atoms with van der Waals surface area (Å²) in [6.45, 7) is 12.5. The van der Waals surface area contributed by atoms with Crippen LogP contribution in [0, 0.1) is 41.5 Å². The van der Waals surface area contributed by atoms with E-state index in [2.05, 4.69) is 201 Å². The summed E-state index contributed by atoms with van der Waals surface area (Å²) in [4.78, 5) is 32.8. The van der Waals surface area contributed by atoms with Gasteiger partial charge in [0.25, 0.3) is 0 Å². The number of hydrogen-bond donors (Lipinski definition) is 0. The van der Waals surface area contributed by atoms with Crippen molar-refractivity contribution in [2.75, 3.05) is 0 Å². The van der Waals surface area contributed by atoms with E-state index in [1.807, 2.05) is 123 Å². The van der Waals surface area contributed by atoms with Crippen LogP contribution in [0.4, 0.5) is 0 Å². The third kappa shape index (κ3) is 16.6. The molecule has 0 bridgehead atoms. The molecule has 13 rings (SSSR count). The molecule has 4 aromatic carbocycles. The molecule has 9 heterocycles. The lowest BCUT2D eigenvalue weighted by Crippen LogP contribution is -1.90. The molecule has 0 saturated heterocycles. The third-order valence-electron chi connectivity index (χ3n) is 13.1. The first-order chi connectivity index (χ1) is 39.7. The summed E-state index contributed by atoms with van der Waals surface area (Å²) in [5.41, 5.74) is 21.4. The number of hydrogen-bond acceptors (Lipinski definition) is 8. The lowest BCUT2D eigenvalue weighted by molar-refractivity contribution is 1.12. The molecule has 0 aliphatic heterocycles. The highest BCUT2D eigenvalue weighted by molar-refractivity contribution is 5.82. The quantitative estimate of drug-likeness (QED) is 0.162. The van der Waals surface area contributed by atoms with E-state index in [1.54, 1.807) is 49.6 Å². The Bertz CT molecular complexity index is 3460. The van der Waals surface area contributed by atoms with E-state index in [4.69, 9.17) is 0 Å². The first-order valence-corrected chi connectivity index (χ1v) is 26.7. The summed E-state index contributed by atoms with van der Waals surface area (Å²) >= 11 is 0. The van der Waals surface area contributed by atoms with E-state index < -0.39 is 0 Å². The molecule has 0 N–H and O–H groups in total. The van der Waals surface area contributed by atoms with Gasteiger partial charge in [-0.3, -0.25) is 39.9 Å². The monoisotopic (exact) mass is 1060 g/mol. The molecule has 0 radical (unpaired) electrons. The molecule has 0 saturated carbocycles. The van der Waals surface area contributed by atoms with Gasteiger partial charge in [-0.2, -0.15) is 0 Å². The Hall–Kier alpha value is -10.4. The predicted molar refractivity (Wildman–Crippen MR) is 333 cm³/mol. The zero-order chi connectivity index (χ0) is 56.4. The highest BCUT2D eigenvalue weighted by atomic mass is 15.0. The van der Waals surface area contributed by atoms with Crippen LogP contribution in [-0.2, 0) is 0 Å². The molecule has 81 heavy (non-hydrogen) atoms. The van der Waals surface area contributed by atoms with Crippen LogP contribution < -0.4 is 0 Å². The van der Waals surface area contributed by atoms with E-state index in [9.17, 15) is 0 Å². The minimum atomic E-state index is 0.931. The van der Waals surface area contributed by atoms with Crippen molar-refractivity contribution in [3.63, 3.8) is 0 Å². The molecule has 9 aromatic heterocycles. The van der Waals surface area contributed by atoms with Crippen LogP contribution in [0.3, 0.4) is 0 Å². The SMILES string of the molecule is Cc1ccc(-n2ccc3ccccc32)cc1.Cc1ccccc1-c1cccnc1.Cc1ccccc1-c1ccncc1.Cc1cccnc1-c1ccccn1.Cc1ccncc1-c1ccncc1.Cc1cnccc1-c1cccnc1. The first kappa shape index (κ1) is 56.8. The predicted octanol–water partition coefficient (Wildman–Crippen LogP) is 17.4. The minimum Gasteiger partial charge on any atom is -0.317 e. The van der Waals surface area contributed by atoms with Crippen molar-refractivity contribution in [3.05, 3.63) is 320 Å². The molecule has 0 unspecified atom stereocenters. The summed E-state index contributed by atoms with van der Waals surface area (Å²) in [6, 6.07) is 65.8. The molecular formula is C72H65N9. The first-order valence-electron chi connectivity index (χ1n) is 26.7. The van der Waals surface area contributed by atoms with Crippen molar-refractivity contribution in [3.8, 4) is 61.6 Å². The van der Waals surface area contributed by atoms with Crippen molar-refractivity contribution >= 4 is 10.9 Å². The van der Waals surface area contributed by atoms with Crippen molar-refractivity contribution in [1.29, 1.82) is 0 Å². The van der Waals surface area contributed by atoms with Gasteiger partial charge < -0.3 is 4.57 Å². The largest absolute Gasteiger partial charge is 0.317 e. The Morgan fingerprint density at radius 2 is 0.778 bits per heavy atom. The summed E-state index contributed by atoms with van der Waals surface area (Å²) < 4.78 is 2.22. The molecule has 0 spiro atoms. The van der Waals surface area contributed by atoms with Crippen molar-refractivity contribution < 1.29 is 0 Å². The second kappa shape index (κ2) is 30.0. The Balaban J connectivity index is 0.000000128. The second-order valence-electron chi connectivity index (χ2n) is 18.9. The van der Waals surface area contributed by atoms with Crippen molar-refractivity contribution in [2.24, 2.45) is 0 Å². The van der Waals surface area contributed by atoms with Gasteiger partial charge in [0.2, 0.25) is 0 Å². The van der Waals surface area contributed by atoms with Crippen molar-refractivity contribution in [2.45, 2.75) is 41.5 Å². The summed E-state index contributed by atoms with van der Waals surface area (Å²) in [5, 5.41) is 1.28. The summed E-state index contributed by atoms with van der Waals surface area (Å²) in [5.74, 6) is 0. The number of benzene rings is 4. The van der Waals surface area contributed by atoms with E-state index in [-0.39, 0.29) is 0 Å². The molecule has 9 nitrogen and oxygen atoms in total. The Morgan fingerprint density at radius 1 is 0.284 bits per heavy atom. The molecule has 13 aromatic rings. The fourth-order valence-electron chi connectivity index (χ4n) is 8.73. The normalized spacial score (nSPS) is 10.1. The van der Waals surface area contributed by atoms with Crippen LogP contribution in [0.5, 0.6) is 0 Å². The number of nitrogens with zero attached hydrogens (tertiary/aromatic N) is 9. The number of pyridine rings is 8. The van der Waals surface area contributed by atoms with Gasteiger partial charge in [0.15, 0.2) is 0 Å². The van der Waals surface area contributed by atoms with Crippen LogP contribution in [0.25, 0.3) is 72.5 Å². The highest BCUT2D eigenvalue weighted by Crippen LogP contribution is 2.25. The van der Waals surface area contributed by atoms with Crippen LogP contribution in [0.1, 0.15) is 33.4 Å². The van der Waals surface area contributed by atoms with Gasteiger partial charge in [-0.05, 0) is 194 Å². The van der Waals surface area contributed by atoms with Gasteiger partial charge in [0.1, 0.15) is 0 Å². The molecular weight excluding hydrogens is 991 g/mol. The molecule has 9 heteroatoms. The molecule has 0 aliphatic carbocycles. The fourth-order valence-corrected chi connectivity index (χ4v) is 8.73. The Kier molecular flexibility index (Phi) is 21.0. The number of fused-ring (bicyclic) bond motifs is 1. The fraction of sp³-hybridized carbons (Fsp3) is 0.0833. The van der Waals surface area contributed by atoms with E-state index in [1.165, 1.54) is 83.4 Å². The van der Waals surface area contributed by atoms with E-state index in [0.29, 0.717) is 0 Å². The van der Waals surface area contributed by atoms with Gasteiger partial charge in [-0.15, -0.1) is 0 Å². The Labute approximate surface area is 476 Å². The maximum absolute atomic E-state index is 4.29. The number of para-hydroxylation sites is 1. The summed E-state index contributed by atoms with van der Waals surface area (Å²) in [6.07, 6.45) is 27.6. The topological polar surface area (TPSA) is 108 Å². The average Bonchev–Trinajstić information content (AvgIpc) is 4.06. The van der Waals surface area contributed by atoms with Crippen LogP contribution in [0.15, 0.2) is 287 Å². The second-order valence-corrected chi connectivity index (χ2v) is 18.9. The zero-order valence-corrected chi connectivity index (χ0v) is 46.7. The van der Waals surface area contributed by atoms with E-state index >= 15 is 0 Å². The molecule has 398 valence electrons. The lowest BCUT2D eigenvalue weighted by atomic mass is 10.0. The third-order valence-corrected chi connectivity index (χ3v) is 13.1. The van der Waals surface area contributed by atoms with Gasteiger partial charge in [0, 0.05) is 115 Å². The van der Waals surface area contributed by atoms with Crippen molar-refractivity contribution in [1.82, 2.24) is 44.4 Å². The number of aryl methyl sites for hydroxylation is 6. The molecule has 0 fully saturated rings. The summed E-state index contributed by atoms with van der Waals surface area (Å²) in [7, 11) is 0. The molecule has 0 atom stereocenters. The maximum Gasteiger partial charge on any atom is 0.0915 e. The van der Waals surface area contributed by atoms with Crippen LogP contribution in [-0.4, -0.2) is 44.4 Å². The van der Waals surface area contributed by atoms with Crippen LogP contribution >= 0.6 is 0 Å². The number of aromatic nitrogens is 9. The van der Waals surface area contributed by atoms with E-state index in [0.717, 1.165) is 22.5 Å². The molecule has 0 aliphatic rings. The smallest absolute Gasteiger partial charge is 0.0915 e. The molecule has 0 amide bonds. The maximum atomic E-state index is 4.29. The van der Waals surface area contributed by atoms with Gasteiger partial charge in [-0.25, -0.2) is 0 Å².